The Labute approximate surface area is 148 Å². The molecule has 4 rings (SSSR count). The van der Waals surface area contributed by atoms with E-state index in [0.717, 1.165) is 17.4 Å². The molecular weight excluding hydrogens is 368 g/mol. The second-order valence-electron chi connectivity index (χ2n) is 6.22. The van der Waals surface area contributed by atoms with Crippen molar-refractivity contribution in [3.63, 3.8) is 0 Å². The number of fused-ring (bicyclic) bond motifs is 1. The number of rotatable bonds is 3. The molecule has 0 amide bonds. The lowest BCUT2D eigenvalue weighted by Crippen LogP contribution is -2.15. The van der Waals surface area contributed by atoms with Crippen molar-refractivity contribution in [1.29, 1.82) is 5.26 Å². The predicted octanol–water partition coefficient (Wildman–Crippen LogP) is 4.54. The third-order valence-corrected chi connectivity index (χ3v) is 5.47. The van der Waals surface area contributed by atoms with Crippen LogP contribution in [-0.2, 0) is 6.54 Å². The van der Waals surface area contributed by atoms with Gasteiger partial charge in [-0.1, -0.05) is 17.4 Å². The van der Waals surface area contributed by atoms with Crippen LogP contribution in [0.1, 0.15) is 12.0 Å². The van der Waals surface area contributed by atoms with Gasteiger partial charge >= 0.3 is 4.87 Å². The van der Waals surface area contributed by atoms with Gasteiger partial charge < -0.3 is 0 Å². The molecule has 1 aromatic heterocycles. The van der Waals surface area contributed by atoms with Gasteiger partial charge in [0.25, 0.3) is 5.92 Å². The number of nitriles is 1. The van der Waals surface area contributed by atoms with Gasteiger partial charge in [-0.2, -0.15) is 5.26 Å². The first-order valence-corrected chi connectivity index (χ1v) is 8.53. The normalized spacial score (nSPS) is 18.0. The summed E-state index contributed by atoms with van der Waals surface area (Å²) in [5.41, 5.74) is 0.487. The van der Waals surface area contributed by atoms with Crippen molar-refractivity contribution in [3.8, 4) is 17.2 Å². The summed E-state index contributed by atoms with van der Waals surface area (Å²) in [6.07, 6.45) is -0.241. The van der Waals surface area contributed by atoms with Gasteiger partial charge in [-0.25, -0.2) is 17.6 Å². The van der Waals surface area contributed by atoms with Gasteiger partial charge in [0.1, 0.15) is 0 Å². The van der Waals surface area contributed by atoms with E-state index < -0.39 is 23.5 Å². The van der Waals surface area contributed by atoms with Gasteiger partial charge in [0.2, 0.25) is 0 Å². The van der Waals surface area contributed by atoms with E-state index in [2.05, 4.69) is 0 Å². The summed E-state index contributed by atoms with van der Waals surface area (Å²) in [7, 11) is 0. The molecule has 2 aromatic carbocycles. The maximum atomic E-state index is 14.2. The minimum Gasteiger partial charge on any atom is -0.298 e. The summed E-state index contributed by atoms with van der Waals surface area (Å²) in [4.78, 5) is 11.8. The Hall–Kier alpha value is -2.66. The molecule has 3 aromatic rings. The molecule has 1 fully saturated rings. The summed E-state index contributed by atoms with van der Waals surface area (Å²) in [6.45, 7) is -0.0804. The monoisotopic (exact) mass is 378 g/mol. The molecule has 0 radical (unpaired) electrons. The van der Waals surface area contributed by atoms with Crippen LogP contribution < -0.4 is 4.87 Å². The first kappa shape index (κ1) is 16.8. The fraction of sp³-hybridized carbons (Fsp3) is 0.222. The van der Waals surface area contributed by atoms with Crippen molar-refractivity contribution in [1.82, 2.24) is 4.57 Å². The van der Waals surface area contributed by atoms with Crippen LogP contribution in [0.15, 0.2) is 35.1 Å². The van der Waals surface area contributed by atoms with Crippen LogP contribution in [0.25, 0.3) is 21.3 Å². The third-order valence-electron chi connectivity index (χ3n) is 4.53. The summed E-state index contributed by atoms with van der Waals surface area (Å²) in [6, 6.07) is 8.31. The minimum atomic E-state index is -2.74. The lowest BCUT2D eigenvalue weighted by Gasteiger charge is -2.08. The van der Waals surface area contributed by atoms with Crippen LogP contribution in [0.2, 0.25) is 0 Å². The van der Waals surface area contributed by atoms with Crippen LogP contribution in [0.4, 0.5) is 17.6 Å². The minimum absolute atomic E-state index is 0.0346. The maximum Gasteiger partial charge on any atom is 0.308 e. The summed E-state index contributed by atoms with van der Waals surface area (Å²) < 4.78 is 55.8. The van der Waals surface area contributed by atoms with E-state index in [4.69, 9.17) is 5.26 Å². The summed E-state index contributed by atoms with van der Waals surface area (Å²) in [5, 5.41) is 9.15. The van der Waals surface area contributed by atoms with Crippen molar-refractivity contribution in [2.75, 3.05) is 0 Å². The molecule has 1 saturated carbocycles. The van der Waals surface area contributed by atoms with Crippen molar-refractivity contribution in [3.05, 3.63) is 57.2 Å². The average Bonchev–Trinajstić information content (AvgIpc) is 3.08. The topological polar surface area (TPSA) is 45.8 Å². The van der Waals surface area contributed by atoms with Crippen LogP contribution in [0.5, 0.6) is 0 Å². The molecule has 1 heterocycles. The zero-order valence-corrected chi connectivity index (χ0v) is 13.9. The average molecular weight is 378 g/mol. The second kappa shape index (κ2) is 5.68. The molecule has 0 aliphatic heterocycles. The number of alkyl halides is 2. The molecule has 1 aliphatic rings. The van der Waals surface area contributed by atoms with E-state index in [9.17, 15) is 22.4 Å². The highest BCUT2D eigenvalue weighted by molar-refractivity contribution is 7.16. The van der Waals surface area contributed by atoms with Gasteiger partial charge in [-0.15, -0.1) is 0 Å². The van der Waals surface area contributed by atoms with E-state index in [1.165, 1.54) is 28.8 Å². The van der Waals surface area contributed by atoms with Crippen molar-refractivity contribution in [2.24, 2.45) is 5.92 Å². The van der Waals surface area contributed by atoms with Crippen LogP contribution in [-0.4, -0.2) is 10.5 Å². The Kier molecular flexibility index (Phi) is 3.66. The lowest BCUT2D eigenvalue weighted by molar-refractivity contribution is 0.0953. The smallest absolute Gasteiger partial charge is 0.298 e. The lowest BCUT2D eigenvalue weighted by atomic mass is 9.99. The molecule has 0 spiro atoms. The van der Waals surface area contributed by atoms with Crippen LogP contribution >= 0.6 is 11.3 Å². The maximum absolute atomic E-state index is 14.2. The van der Waals surface area contributed by atoms with Gasteiger partial charge in [0, 0.05) is 24.4 Å². The first-order chi connectivity index (χ1) is 12.3. The standard InChI is InChI=1S/C18H10F4N2OS/c19-12-3-1-10(7-23)15(16(12)20)9-2-4-13-14(5-9)26-17(25)24(13)8-11-6-18(11,21)22/h1-5,11H,6,8H2. The van der Waals surface area contributed by atoms with Crippen LogP contribution in [0.3, 0.4) is 0 Å². The molecular formula is C18H10F4N2OS. The number of thiazole rings is 1. The molecule has 0 bridgehead atoms. The molecule has 132 valence electrons. The largest absolute Gasteiger partial charge is 0.308 e. The van der Waals surface area contributed by atoms with Gasteiger partial charge in [-0.05, 0) is 29.8 Å². The zero-order chi connectivity index (χ0) is 18.6. The van der Waals surface area contributed by atoms with Crippen LogP contribution in [0, 0.1) is 28.9 Å². The molecule has 3 nitrogen and oxygen atoms in total. The number of benzene rings is 2. The predicted molar refractivity (Wildman–Crippen MR) is 89.2 cm³/mol. The highest BCUT2D eigenvalue weighted by atomic mass is 32.1. The molecule has 1 atom stereocenters. The highest BCUT2D eigenvalue weighted by Crippen LogP contribution is 2.49. The van der Waals surface area contributed by atoms with Crippen molar-refractivity contribution >= 4 is 21.6 Å². The molecule has 1 unspecified atom stereocenters. The van der Waals surface area contributed by atoms with E-state index in [1.807, 2.05) is 6.07 Å². The first-order valence-electron chi connectivity index (χ1n) is 7.71. The van der Waals surface area contributed by atoms with Crippen molar-refractivity contribution < 1.29 is 17.6 Å². The van der Waals surface area contributed by atoms with E-state index in [1.54, 1.807) is 0 Å². The fourth-order valence-electron chi connectivity index (χ4n) is 3.01. The van der Waals surface area contributed by atoms with E-state index in [0.29, 0.717) is 10.2 Å². The van der Waals surface area contributed by atoms with Gasteiger partial charge in [-0.3, -0.25) is 9.36 Å². The SMILES string of the molecule is N#Cc1ccc(F)c(F)c1-c1ccc2c(c1)sc(=O)n2CC1CC1(F)F. The summed E-state index contributed by atoms with van der Waals surface area (Å²) in [5.74, 6) is -5.82. The van der Waals surface area contributed by atoms with E-state index >= 15 is 0 Å². The quantitative estimate of drug-likeness (QED) is 0.629. The molecule has 0 N–H and O–H groups in total. The molecule has 0 saturated heterocycles. The number of hydrogen-bond donors (Lipinski definition) is 0. The van der Waals surface area contributed by atoms with Gasteiger partial charge in [0.15, 0.2) is 11.6 Å². The number of halogens is 4. The van der Waals surface area contributed by atoms with E-state index in [-0.39, 0.29) is 34.5 Å². The second-order valence-corrected chi connectivity index (χ2v) is 7.21. The highest BCUT2D eigenvalue weighted by Gasteiger charge is 2.56. The molecule has 8 heteroatoms. The fourth-order valence-corrected chi connectivity index (χ4v) is 3.95. The molecule has 1 aliphatic carbocycles. The number of aromatic nitrogens is 1. The third kappa shape index (κ3) is 2.59. The Morgan fingerprint density at radius 1 is 1.27 bits per heavy atom. The summed E-state index contributed by atoms with van der Waals surface area (Å²) >= 11 is 0.844. The van der Waals surface area contributed by atoms with Crippen molar-refractivity contribution in [2.45, 2.75) is 18.9 Å². The Balaban J connectivity index is 1.83. The Morgan fingerprint density at radius 2 is 2.00 bits per heavy atom. The van der Waals surface area contributed by atoms with Gasteiger partial charge in [0.05, 0.1) is 21.8 Å². The Morgan fingerprint density at radius 3 is 2.65 bits per heavy atom. The Bertz CT molecular complexity index is 1140. The molecule has 26 heavy (non-hydrogen) atoms. The zero-order valence-electron chi connectivity index (χ0n) is 13.1. The number of nitrogens with zero attached hydrogens (tertiary/aromatic N) is 2. The number of hydrogen-bond acceptors (Lipinski definition) is 3.